The van der Waals surface area contributed by atoms with Gasteiger partial charge in [0.15, 0.2) is 0 Å². The van der Waals surface area contributed by atoms with Crippen LogP contribution in [-0.2, 0) is 14.9 Å². The summed E-state index contributed by atoms with van der Waals surface area (Å²) in [6.07, 6.45) is 6.68. The minimum absolute atomic E-state index is 0.119. The van der Waals surface area contributed by atoms with Gasteiger partial charge in [-0.2, -0.15) is 0 Å². The predicted octanol–water partition coefficient (Wildman–Crippen LogP) is 5.45. The number of carbonyl (C=O) groups is 1. The molecule has 1 aromatic carbocycles. The Morgan fingerprint density at radius 3 is 2.48 bits per heavy atom. The standard InChI is InChI=1S/C23H33N3O2S/c1-23(2,3)19-12-10-18(11-13-19)21-24-25-22(29-21)26(15-16-28-4)20(27)14-9-17-7-5-6-8-17/h10-13,17H,5-9,14-16H2,1-4H3. The van der Waals surface area contributed by atoms with Crippen LogP contribution in [0.4, 0.5) is 5.13 Å². The molecule has 0 aliphatic heterocycles. The second-order valence-corrected chi connectivity index (χ2v) is 9.90. The van der Waals surface area contributed by atoms with Gasteiger partial charge in [0, 0.05) is 19.1 Å². The summed E-state index contributed by atoms with van der Waals surface area (Å²) >= 11 is 1.47. The molecule has 2 aromatic rings. The lowest BCUT2D eigenvalue weighted by Gasteiger charge is -2.20. The molecule has 0 spiro atoms. The Morgan fingerprint density at radius 2 is 1.86 bits per heavy atom. The zero-order valence-electron chi connectivity index (χ0n) is 18.1. The predicted molar refractivity (Wildman–Crippen MR) is 119 cm³/mol. The van der Waals surface area contributed by atoms with Gasteiger partial charge in [-0.3, -0.25) is 9.69 Å². The molecule has 29 heavy (non-hydrogen) atoms. The summed E-state index contributed by atoms with van der Waals surface area (Å²) in [5.41, 5.74) is 2.44. The summed E-state index contributed by atoms with van der Waals surface area (Å²) in [7, 11) is 1.66. The van der Waals surface area contributed by atoms with E-state index in [1.165, 1.54) is 42.6 Å². The number of nitrogens with zero attached hydrogens (tertiary/aromatic N) is 3. The third-order valence-electron chi connectivity index (χ3n) is 5.70. The molecule has 0 atom stereocenters. The van der Waals surface area contributed by atoms with Crippen molar-refractivity contribution >= 4 is 22.4 Å². The third kappa shape index (κ3) is 5.86. The number of amides is 1. The topological polar surface area (TPSA) is 55.3 Å². The molecule has 158 valence electrons. The minimum atomic E-state index is 0.119. The average molecular weight is 416 g/mol. The van der Waals surface area contributed by atoms with Crippen LogP contribution in [0.3, 0.4) is 0 Å². The highest BCUT2D eigenvalue weighted by Crippen LogP contribution is 2.32. The van der Waals surface area contributed by atoms with Gasteiger partial charge in [-0.05, 0) is 23.3 Å². The first kappa shape index (κ1) is 21.9. The SMILES string of the molecule is COCCN(C(=O)CCC1CCCC1)c1nnc(-c2ccc(C(C)(C)C)cc2)s1. The largest absolute Gasteiger partial charge is 0.383 e. The maximum atomic E-state index is 12.9. The van der Waals surface area contributed by atoms with Crippen LogP contribution in [0.5, 0.6) is 0 Å². The van der Waals surface area contributed by atoms with E-state index >= 15 is 0 Å². The summed E-state index contributed by atoms with van der Waals surface area (Å²) in [5.74, 6) is 0.828. The number of ether oxygens (including phenoxy) is 1. The summed E-state index contributed by atoms with van der Waals surface area (Å²) in [5, 5.41) is 10.2. The highest BCUT2D eigenvalue weighted by atomic mass is 32.1. The molecule has 0 N–H and O–H groups in total. The number of aromatic nitrogens is 2. The van der Waals surface area contributed by atoms with Crippen LogP contribution < -0.4 is 4.90 Å². The van der Waals surface area contributed by atoms with Crippen molar-refractivity contribution in [3.05, 3.63) is 29.8 Å². The normalized spacial score (nSPS) is 15.0. The molecule has 1 amide bonds. The van der Waals surface area contributed by atoms with Crippen molar-refractivity contribution < 1.29 is 9.53 Å². The molecule has 3 rings (SSSR count). The smallest absolute Gasteiger partial charge is 0.228 e. The summed E-state index contributed by atoms with van der Waals surface area (Å²) in [6.45, 7) is 7.61. The molecule has 1 aromatic heterocycles. The van der Waals surface area contributed by atoms with Crippen LogP contribution in [0.1, 0.15) is 64.9 Å². The second-order valence-electron chi connectivity index (χ2n) is 8.94. The third-order valence-corrected chi connectivity index (χ3v) is 6.70. The Morgan fingerprint density at radius 1 is 1.17 bits per heavy atom. The maximum absolute atomic E-state index is 12.9. The lowest BCUT2D eigenvalue weighted by atomic mass is 9.87. The fourth-order valence-electron chi connectivity index (χ4n) is 3.83. The van der Waals surface area contributed by atoms with Crippen LogP contribution in [0.2, 0.25) is 0 Å². The molecule has 1 aliphatic carbocycles. The van der Waals surface area contributed by atoms with Gasteiger partial charge in [-0.1, -0.05) is 82.1 Å². The monoisotopic (exact) mass is 415 g/mol. The highest BCUT2D eigenvalue weighted by Gasteiger charge is 2.23. The Balaban J connectivity index is 1.71. The van der Waals surface area contributed by atoms with Gasteiger partial charge in [0.05, 0.1) is 13.2 Å². The number of rotatable bonds is 8. The van der Waals surface area contributed by atoms with Crippen LogP contribution in [0.15, 0.2) is 24.3 Å². The zero-order chi connectivity index (χ0) is 20.9. The molecule has 0 unspecified atom stereocenters. The molecule has 1 saturated carbocycles. The lowest BCUT2D eigenvalue weighted by Crippen LogP contribution is -2.34. The van der Waals surface area contributed by atoms with E-state index in [1.54, 1.807) is 12.0 Å². The minimum Gasteiger partial charge on any atom is -0.383 e. The van der Waals surface area contributed by atoms with Gasteiger partial charge in [0.25, 0.3) is 0 Å². The van der Waals surface area contributed by atoms with Crippen molar-refractivity contribution in [2.75, 3.05) is 25.2 Å². The van der Waals surface area contributed by atoms with Gasteiger partial charge >= 0.3 is 0 Å². The van der Waals surface area contributed by atoms with Crippen molar-refractivity contribution in [3.8, 4) is 10.6 Å². The highest BCUT2D eigenvalue weighted by molar-refractivity contribution is 7.18. The Hall–Kier alpha value is -1.79. The number of anilines is 1. The molecular formula is C23H33N3O2S. The van der Waals surface area contributed by atoms with E-state index in [-0.39, 0.29) is 11.3 Å². The molecule has 6 heteroatoms. The number of hydrogen-bond acceptors (Lipinski definition) is 5. The fourth-order valence-corrected chi connectivity index (χ4v) is 4.72. The van der Waals surface area contributed by atoms with E-state index in [2.05, 4.69) is 55.2 Å². The van der Waals surface area contributed by atoms with Crippen molar-refractivity contribution in [1.29, 1.82) is 0 Å². The quantitative estimate of drug-likeness (QED) is 0.575. The molecule has 1 heterocycles. The molecule has 1 aliphatic rings. The van der Waals surface area contributed by atoms with Crippen molar-refractivity contribution in [2.24, 2.45) is 5.92 Å². The van der Waals surface area contributed by atoms with Gasteiger partial charge in [0.1, 0.15) is 5.01 Å². The maximum Gasteiger partial charge on any atom is 0.228 e. The Kier molecular flexibility index (Phi) is 7.41. The van der Waals surface area contributed by atoms with E-state index in [9.17, 15) is 4.79 Å². The zero-order valence-corrected chi connectivity index (χ0v) is 18.9. The van der Waals surface area contributed by atoms with Crippen LogP contribution >= 0.6 is 11.3 Å². The van der Waals surface area contributed by atoms with Crippen LogP contribution in [-0.4, -0.2) is 36.4 Å². The number of hydrogen-bond donors (Lipinski definition) is 0. The Labute approximate surface area is 178 Å². The van der Waals surface area contributed by atoms with Crippen molar-refractivity contribution in [3.63, 3.8) is 0 Å². The van der Waals surface area contributed by atoms with Crippen molar-refractivity contribution in [1.82, 2.24) is 10.2 Å². The Bertz CT molecular complexity index is 789. The van der Waals surface area contributed by atoms with Crippen LogP contribution in [0.25, 0.3) is 10.6 Å². The second kappa shape index (κ2) is 9.81. The fraction of sp³-hybridized carbons (Fsp3) is 0.609. The first-order valence-electron chi connectivity index (χ1n) is 10.6. The molecule has 0 radical (unpaired) electrons. The summed E-state index contributed by atoms with van der Waals surface area (Å²) < 4.78 is 5.22. The lowest BCUT2D eigenvalue weighted by molar-refractivity contribution is -0.119. The summed E-state index contributed by atoms with van der Waals surface area (Å²) in [6, 6.07) is 8.47. The number of benzene rings is 1. The molecule has 5 nitrogen and oxygen atoms in total. The summed E-state index contributed by atoms with van der Waals surface area (Å²) in [4.78, 5) is 14.7. The average Bonchev–Trinajstić information content (AvgIpc) is 3.38. The van der Waals surface area contributed by atoms with E-state index in [1.807, 2.05) is 0 Å². The van der Waals surface area contributed by atoms with E-state index in [0.717, 1.165) is 17.0 Å². The van der Waals surface area contributed by atoms with Crippen molar-refractivity contribution in [2.45, 2.75) is 64.7 Å². The van der Waals surface area contributed by atoms with E-state index in [4.69, 9.17) is 4.74 Å². The van der Waals surface area contributed by atoms with E-state index in [0.29, 0.717) is 30.6 Å². The first-order valence-corrected chi connectivity index (χ1v) is 11.4. The molecule has 0 saturated heterocycles. The van der Waals surface area contributed by atoms with Gasteiger partial charge in [-0.15, -0.1) is 10.2 Å². The van der Waals surface area contributed by atoms with Crippen LogP contribution in [0, 0.1) is 5.92 Å². The molecule has 1 fully saturated rings. The van der Waals surface area contributed by atoms with Gasteiger partial charge in [0.2, 0.25) is 11.0 Å². The van der Waals surface area contributed by atoms with Gasteiger partial charge in [-0.25, -0.2) is 0 Å². The van der Waals surface area contributed by atoms with Gasteiger partial charge < -0.3 is 4.74 Å². The molecular weight excluding hydrogens is 382 g/mol. The number of carbonyl (C=O) groups excluding carboxylic acids is 1. The first-order chi connectivity index (χ1) is 13.9. The number of methoxy groups -OCH3 is 1. The molecule has 0 bridgehead atoms. The van der Waals surface area contributed by atoms with E-state index < -0.39 is 0 Å².